The topological polar surface area (TPSA) is 0 Å². The van der Waals surface area contributed by atoms with Crippen LogP contribution in [0.3, 0.4) is 0 Å². The van der Waals surface area contributed by atoms with Crippen LogP contribution in [0, 0.1) is 0 Å². The van der Waals surface area contributed by atoms with Gasteiger partial charge in [0.25, 0.3) is 0 Å². The number of hydrogen-bond acceptors (Lipinski definition) is 0. The first kappa shape index (κ1) is 14.3. The van der Waals surface area contributed by atoms with Gasteiger partial charge in [0.2, 0.25) is 0 Å². The quantitative estimate of drug-likeness (QED) is 0.590. The van der Waals surface area contributed by atoms with Gasteiger partial charge in [-0.05, 0) is 0 Å². The molecule has 0 nitrogen and oxygen atoms in total. The SMILES string of the molecule is C[Si](C)([c-]1cccc1)[c-]1[cH-][cH-][cH-][cH-]1.[Cl][Ti][Cl]. The molecule has 0 fully saturated rings. The van der Waals surface area contributed by atoms with Crippen molar-refractivity contribution >= 4 is 37.1 Å². The number of rotatable bonds is 2. The summed E-state index contributed by atoms with van der Waals surface area (Å²) in [5.41, 5.74) is 0. The second-order valence-electron chi connectivity index (χ2n) is 4.04. The van der Waals surface area contributed by atoms with E-state index in [2.05, 4.69) is 61.6 Å². The molecule has 0 aliphatic rings. The maximum atomic E-state index is 4.89. The van der Waals surface area contributed by atoms with Crippen LogP contribution in [0.1, 0.15) is 0 Å². The first-order valence-corrected chi connectivity index (χ1v) is 12.3. The van der Waals surface area contributed by atoms with E-state index >= 15 is 0 Å². The summed E-state index contributed by atoms with van der Waals surface area (Å²) < 4.78 is 0. The van der Waals surface area contributed by atoms with Crippen molar-refractivity contribution in [2.45, 2.75) is 13.1 Å². The first-order chi connectivity index (χ1) is 7.62. The minimum atomic E-state index is -1.35. The maximum absolute atomic E-state index is 4.89. The summed E-state index contributed by atoms with van der Waals surface area (Å²) in [4.78, 5) is 0. The Morgan fingerprint density at radius 2 is 1.50 bits per heavy atom. The molecule has 0 radical (unpaired) electrons. The Balaban J connectivity index is 0.000000386. The molecule has 0 unspecified atom stereocenters. The van der Waals surface area contributed by atoms with Crippen molar-refractivity contribution in [1.29, 1.82) is 0 Å². The summed E-state index contributed by atoms with van der Waals surface area (Å²) in [6.07, 6.45) is 0. The third-order valence-electron chi connectivity index (χ3n) is 2.77. The van der Waals surface area contributed by atoms with E-state index in [1.54, 1.807) is 0 Å². The molecular weight excluding hydrogens is 291 g/mol. The fourth-order valence-electron chi connectivity index (χ4n) is 1.75. The Hall–Kier alpha value is 0.211. The van der Waals surface area contributed by atoms with E-state index in [1.165, 1.54) is 10.4 Å². The fourth-order valence-corrected chi connectivity index (χ4v) is 4.13. The van der Waals surface area contributed by atoms with E-state index in [9.17, 15) is 0 Å². The predicted octanol–water partition coefficient (Wildman–Crippen LogP) is 3.32. The van der Waals surface area contributed by atoms with Crippen LogP contribution in [0.4, 0.5) is 0 Å². The van der Waals surface area contributed by atoms with Gasteiger partial charge < -0.3 is 29.5 Å². The first-order valence-electron chi connectivity index (χ1n) is 5.03. The molecule has 0 saturated heterocycles. The zero-order chi connectivity index (χ0) is 12.0. The standard InChI is InChI=1S/C12H14Si.2ClH.Ti/c1-13(2,11-7-3-4-8-11)12-9-5-6-10-12;;;/h3-10H,1-2H3;2*1H;/q-6;;;+2/p-2. The molecule has 0 aliphatic heterocycles. The molecule has 2 aromatic rings. The molecule has 2 aromatic carbocycles. The Labute approximate surface area is 115 Å². The summed E-state index contributed by atoms with van der Waals surface area (Å²) in [5.74, 6) is 0. The Bertz CT molecular complexity index is 343. The second kappa shape index (κ2) is 6.83. The van der Waals surface area contributed by atoms with Gasteiger partial charge in [-0.25, -0.2) is 12.1 Å². The van der Waals surface area contributed by atoms with Crippen molar-refractivity contribution in [2.75, 3.05) is 0 Å². The zero-order valence-electron chi connectivity index (χ0n) is 9.37. The molecule has 0 aromatic heterocycles. The molecule has 90 valence electrons. The fraction of sp³-hybridized carbons (Fsp3) is 0.167. The monoisotopic (exact) mass is 304 g/mol. The van der Waals surface area contributed by atoms with Crippen molar-refractivity contribution in [2.24, 2.45) is 0 Å². The molecule has 0 bridgehead atoms. The van der Waals surface area contributed by atoms with Gasteiger partial charge >= 0.3 is 35.6 Å². The molecule has 0 amide bonds. The van der Waals surface area contributed by atoms with Crippen LogP contribution in [0.5, 0.6) is 0 Å². The van der Waals surface area contributed by atoms with E-state index in [4.69, 9.17) is 18.6 Å². The Kier molecular flexibility index (Phi) is 6.09. The summed E-state index contributed by atoms with van der Waals surface area (Å²) in [6.45, 7) is 4.80. The summed E-state index contributed by atoms with van der Waals surface area (Å²) in [5, 5.41) is 3.05. The molecule has 0 heterocycles. The van der Waals surface area contributed by atoms with Crippen LogP contribution < -0.4 is 10.4 Å². The second-order valence-corrected chi connectivity index (χ2v) is 11.0. The third kappa shape index (κ3) is 3.61. The molecular formula is C12H14Cl2SiTi-6. The van der Waals surface area contributed by atoms with Gasteiger partial charge in [0, 0.05) is 0 Å². The van der Waals surface area contributed by atoms with E-state index < -0.39 is 25.1 Å². The third-order valence-corrected chi connectivity index (χ3v) is 6.32. The van der Waals surface area contributed by atoms with Gasteiger partial charge in [-0.3, -0.25) is 0 Å². The normalized spacial score (nSPS) is 10.5. The van der Waals surface area contributed by atoms with Gasteiger partial charge in [-0.1, -0.05) is 0 Å². The number of hydrogen-bond donors (Lipinski definition) is 0. The molecule has 0 atom stereocenters. The molecule has 0 N–H and O–H groups in total. The molecule has 0 saturated carbocycles. The van der Waals surface area contributed by atoms with E-state index in [0.29, 0.717) is 0 Å². The van der Waals surface area contributed by atoms with Crippen molar-refractivity contribution in [3.63, 3.8) is 0 Å². The van der Waals surface area contributed by atoms with Crippen LogP contribution in [0.25, 0.3) is 0 Å². The molecule has 16 heavy (non-hydrogen) atoms. The van der Waals surface area contributed by atoms with Gasteiger partial charge in [0.15, 0.2) is 0 Å². The average Bonchev–Trinajstić information content (AvgIpc) is 2.93. The van der Waals surface area contributed by atoms with Crippen LogP contribution in [-0.2, 0) is 17.0 Å². The van der Waals surface area contributed by atoms with Gasteiger partial charge in [-0.15, -0.1) is 13.1 Å². The van der Waals surface area contributed by atoms with Crippen LogP contribution in [0.15, 0.2) is 48.5 Å². The minimum absolute atomic E-state index is 0.556. The van der Waals surface area contributed by atoms with E-state index in [0.717, 1.165) is 0 Å². The summed E-state index contributed by atoms with van der Waals surface area (Å²) in [7, 11) is 8.43. The van der Waals surface area contributed by atoms with E-state index in [1.807, 2.05) is 0 Å². The zero-order valence-corrected chi connectivity index (χ0v) is 13.4. The molecule has 2 rings (SSSR count). The van der Waals surface area contributed by atoms with Gasteiger partial charge in [0.1, 0.15) is 0 Å². The van der Waals surface area contributed by atoms with Crippen molar-refractivity contribution in [3.8, 4) is 0 Å². The molecule has 0 aliphatic carbocycles. The van der Waals surface area contributed by atoms with Crippen molar-refractivity contribution in [1.82, 2.24) is 0 Å². The van der Waals surface area contributed by atoms with Crippen molar-refractivity contribution in [3.05, 3.63) is 48.5 Å². The predicted molar refractivity (Wildman–Crippen MR) is 72.5 cm³/mol. The van der Waals surface area contributed by atoms with Crippen LogP contribution in [-0.4, -0.2) is 8.07 Å². The van der Waals surface area contributed by atoms with E-state index in [-0.39, 0.29) is 0 Å². The van der Waals surface area contributed by atoms with Crippen LogP contribution in [0.2, 0.25) is 13.1 Å². The Morgan fingerprint density at radius 1 is 1.06 bits per heavy atom. The summed E-state index contributed by atoms with van der Waals surface area (Å²) in [6, 6.07) is 17.5. The van der Waals surface area contributed by atoms with Crippen LogP contribution >= 0.6 is 18.6 Å². The van der Waals surface area contributed by atoms with Gasteiger partial charge in [-0.2, -0.15) is 25.4 Å². The molecule has 0 spiro atoms. The summed E-state index contributed by atoms with van der Waals surface area (Å²) >= 11 is -0.556. The average molecular weight is 305 g/mol. The van der Waals surface area contributed by atoms with Crippen molar-refractivity contribution < 1.29 is 17.0 Å². The number of halogens is 2. The van der Waals surface area contributed by atoms with Gasteiger partial charge in [0.05, 0.1) is 0 Å². The Morgan fingerprint density at radius 3 is 1.94 bits per heavy atom. The molecule has 4 heteroatoms.